The van der Waals surface area contributed by atoms with Gasteiger partial charge in [0.1, 0.15) is 22.8 Å². The van der Waals surface area contributed by atoms with Gasteiger partial charge < -0.3 is 4.74 Å². The summed E-state index contributed by atoms with van der Waals surface area (Å²) in [7, 11) is 1.20. The summed E-state index contributed by atoms with van der Waals surface area (Å²) < 4.78 is 6.11. The molecule has 4 rings (SSSR count). The zero-order chi connectivity index (χ0) is 18.3. The van der Waals surface area contributed by atoms with Crippen molar-refractivity contribution in [2.75, 3.05) is 7.11 Å². The van der Waals surface area contributed by atoms with Crippen LogP contribution in [0, 0.1) is 0 Å². The number of rotatable bonds is 3. The van der Waals surface area contributed by atoms with Crippen molar-refractivity contribution < 1.29 is 14.3 Å². The van der Waals surface area contributed by atoms with E-state index in [0.717, 1.165) is 4.52 Å². The maximum atomic E-state index is 12.8. The summed E-state index contributed by atoms with van der Waals surface area (Å²) in [6.45, 7) is 0. The number of carbonyl (C=O) groups is 2. The fourth-order valence-corrected chi connectivity index (χ4v) is 2.71. The molecule has 0 amide bonds. The van der Waals surface area contributed by atoms with Gasteiger partial charge in [-0.05, 0) is 16.0 Å². The Balaban J connectivity index is 2.08. The second-order valence-corrected chi connectivity index (χ2v) is 5.17. The Morgan fingerprint density at radius 1 is 1.15 bits per heavy atom. The number of Topliss-reactive ketones (excluding diaryl/α,β-unsaturated/α-hetero) is 2. The van der Waals surface area contributed by atoms with Crippen LogP contribution in [0.25, 0.3) is 27.3 Å². The number of benzene rings is 1. The van der Waals surface area contributed by atoms with Crippen LogP contribution in [0.4, 0.5) is 0 Å². The van der Waals surface area contributed by atoms with Crippen LogP contribution < -0.4 is 0 Å². The third kappa shape index (κ3) is 2.05. The zero-order valence-electron chi connectivity index (χ0n) is 13.2. The molecule has 0 unspecified atom stereocenters. The minimum atomic E-state index is -0.746. The summed E-state index contributed by atoms with van der Waals surface area (Å²) in [5.41, 5.74) is 9.07. The van der Waals surface area contributed by atoms with Crippen LogP contribution in [0.15, 0.2) is 46.9 Å². The number of hydrogen-bond acceptors (Lipinski definition) is 8. The number of aromatic nitrogens is 5. The highest BCUT2D eigenvalue weighted by atomic mass is 16.5. The predicted octanol–water partition coefficient (Wildman–Crippen LogP) is 1.73. The number of azide groups is 1. The van der Waals surface area contributed by atoms with Gasteiger partial charge in [0.05, 0.1) is 7.11 Å². The lowest BCUT2D eigenvalue weighted by atomic mass is 9.99. The largest absolute Gasteiger partial charge is 0.492 e. The van der Waals surface area contributed by atoms with E-state index in [-0.39, 0.29) is 22.8 Å². The van der Waals surface area contributed by atoms with Gasteiger partial charge >= 0.3 is 0 Å². The molecular weight excluding hydrogens is 340 g/mol. The van der Waals surface area contributed by atoms with E-state index in [2.05, 4.69) is 30.5 Å². The molecule has 3 aromatic rings. The van der Waals surface area contributed by atoms with Crippen LogP contribution in [0.1, 0.15) is 21.0 Å². The van der Waals surface area contributed by atoms with E-state index in [1.54, 1.807) is 24.3 Å². The molecule has 0 radical (unpaired) electrons. The van der Waals surface area contributed by atoms with E-state index in [4.69, 9.17) is 10.3 Å². The molecule has 0 bridgehead atoms. The van der Waals surface area contributed by atoms with Crippen LogP contribution in [0.5, 0.6) is 0 Å². The highest BCUT2D eigenvalue weighted by Crippen LogP contribution is 2.30. The first-order valence-corrected chi connectivity index (χ1v) is 7.27. The first kappa shape index (κ1) is 15.4. The van der Waals surface area contributed by atoms with E-state index < -0.39 is 17.3 Å². The van der Waals surface area contributed by atoms with Gasteiger partial charge in [0, 0.05) is 10.5 Å². The molecule has 0 saturated carbocycles. The molecule has 2 heterocycles. The van der Waals surface area contributed by atoms with Crippen LogP contribution in [0.3, 0.4) is 0 Å². The van der Waals surface area contributed by atoms with Crippen molar-refractivity contribution >= 4 is 17.2 Å². The Morgan fingerprint density at radius 2 is 1.92 bits per heavy atom. The number of ketones is 2. The van der Waals surface area contributed by atoms with Crippen LogP contribution in [-0.4, -0.2) is 43.7 Å². The molecule has 0 saturated heterocycles. The molecule has 0 aliphatic heterocycles. The number of allylic oxidation sites excluding steroid dienone is 2. The number of tetrazole rings is 1. The van der Waals surface area contributed by atoms with Gasteiger partial charge in [-0.15, -0.1) is 5.10 Å². The van der Waals surface area contributed by atoms with Crippen molar-refractivity contribution in [3.05, 3.63) is 63.6 Å². The molecule has 11 heteroatoms. The number of hydrogen-bond donors (Lipinski definition) is 0. The van der Waals surface area contributed by atoms with E-state index in [9.17, 15) is 9.59 Å². The summed E-state index contributed by atoms with van der Waals surface area (Å²) in [5, 5.41) is 14.6. The number of fused-ring (bicyclic) bond motifs is 3. The maximum Gasteiger partial charge on any atom is 0.249 e. The second kappa shape index (κ2) is 5.76. The summed E-state index contributed by atoms with van der Waals surface area (Å²) in [6, 6.07) is 8.94. The molecule has 1 aliphatic carbocycles. The monoisotopic (exact) mass is 348 g/mol. The molecule has 1 aromatic carbocycles. The summed E-state index contributed by atoms with van der Waals surface area (Å²) >= 11 is 0. The third-order valence-corrected chi connectivity index (χ3v) is 3.80. The normalized spacial score (nSPS) is 13.6. The Bertz CT molecular complexity index is 1160. The summed E-state index contributed by atoms with van der Waals surface area (Å²) in [6.07, 6.45) is 0. The van der Waals surface area contributed by atoms with E-state index >= 15 is 0 Å². The van der Waals surface area contributed by atoms with Gasteiger partial charge in [0.25, 0.3) is 0 Å². The SMILES string of the molecule is COC1=C(N=[N+]=[N-])C(=O)c2nc(-c3ccccc3)c3nnnn3c2C1=O. The Kier molecular flexibility index (Phi) is 3.41. The fourth-order valence-electron chi connectivity index (χ4n) is 2.71. The molecule has 1 aliphatic rings. The standard InChI is InChI=1S/C15H8N8O3/c1-26-14-10(18-20-16)12(24)9-11(13(14)25)23-15(19-21-22-23)8(17-9)7-5-3-2-4-6-7/h2-6H,1H3. The molecule has 11 nitrogen and oxygen atoms in total. The lowest BCUT2D eigenvalue weighted by Crippen LogP contribution is -2.27. The van der Waals surface area contributed by atoms with Crippen molar-refractivity contribution in [1.82, 2.24) is 25.0 Å². The first-order valence-electron chi connectivity index (χ1n) is 7.27. The van der Waals surface area contributed by atoms with E-state index in [1.807, 2.05) is 6.07 Å². The van der Waals surface area contributed by atoms with E-state index in [0.29, 0.717) is 11.3 Å². The molecule has 0 N–H and O–H groups in total. The van der Waals surface area contributed by atoms with Gasteiger partial charge in [-0.25, -0.2) is 4.98 Å². The highest BCUT2D eigenvalue weighted by molar-refractivity contribution is 6.24. The maximum absolute atomic E-state index is 12.8. The van der Waals surface area contributed by atoms with Crippen molar-refractivity contribution in [3.63, 3.8) is 0 Å². The minimum Gasteiger partial charge on any atom is -0.492 e. The Labute approximate surface area is 144 Å². The number of ether oxygens (including phenoxy) is 1. The van der Waals surface area contributed by atoms with Gasteiger partial charge in [-0.1, -0.05) is 35.4 Å². The second-order valence-electron chi connectivity index (χ2n) is 5.17. The number of methoxy groups -OCH3 is 1. The average molecular weight is 348 g/mol. The van der Waals surface area contributed by atoms with Crippen molar-refractivity contribution in [3.8, 4) is 11.3 Å². The first-order chi connectivity index (χ1) is 12.7. The van der Waals surface area contributed by atoms with Crippen molar-refractivity contribution in [1.29, 1.82) is 0 Å². The molecular formula is C15H8N8O3. The van der Waals surface area contributed by atoms with Crippen LogP contribution in [-0.2, 0) is 4.74 Å². The molecule has 0 atom stereocenters. The van der Waals surface area contributed by atoms with Gasteiger partial charge in [0.15, 0.2) is 5.76 Å². The van der Waals surface area contributed by atoms with Gasteiger partial charge in [0.2, 0.25) is 17.2 Å². The molecule has 0 spiro atoms. The molecule has 2 aromatic heterocycles. The summed E-state index contributed by atoms with van der Waals surface area (Å²) in [4.78, 5) is 32.4. The van der Waals surface area contributed by atoms with Crippen LogP contribution >= 0.6 is 0 Å². The van der Waals surface area contributed by atoms with Crippen molar-refractivity contribution in [2.45, 2.75) is 0 Å². The Hall–Kier alpha value is -4.11. The number of carbonyl (C=O) groups excluding carboxylic acids is 2. The molecule has 0 fully saturated rings. The summed E-state index contributed by atoms with van der Waals surface area (Å²) in [5.74, 6) is -1.83. The quantitative estimate of drug-likeness (QED) is 0.397. The fraction of sp³-hybridized carbons (Fsp3) is 0.0667. The van der Waals surface area contributed by atoms with E-state index in [1.165, 1.54) is 7.11 Å². The third-order valence-electron chi connectivity index (χ3n) is 3.80. The topological polar surface area (TPSA) is 148 Å². The highest BCUT2D eigenvalue weighted by Gasteiger charge is 2.38. The average Bonchev–Trinajstić information content (AvgIpc) is 3.15. The molecule has 126 valence electrons. The van der Waals surface area contributed by atoms with Crippen molar-refractivity contribution in [2.24, 2.45) is 5.11 Å². The zero-order valence-corrected chi connectivity index (χ0v) is 13.2. The van der Waals surface area contributed by atoms with Gasteiger partial charge in [-0.3, -0.25) is 9.59 Å². The molecule has 26 heavy (non-hydrogen) atoms. The lowest BCUT2D eigenvalue weighted by Gasteiger charge is -2.18. The minimum absolute atomic E-state index is 0.150. The van der Waals surface area contributed by atoms with Gasteiger partial charge in [-0.2, -0.15) is 4.52 Å². The smallest absolute Gasteiger partial charge is 0.249 e. The Morgan fingerprint density at radius 3 is 2.62 bits per heavy atom. The number of nitrogens with zero attached hydrogens (tertiary/aromatic N) is 8. The predicted molar refractivity (Wildman–Crippen MR) is 85.9 cm³/mol. The lowest BCUT2D eigenvalue weighted by molar-refractivity contribution is 0.0894. The van der Waals surface area contributed by atoms with Crippen LogP contribution in [0.2, 0.25) is 0 Å².